The molecule has 190 valence electrons. The minimum Gasteiger partial charge on any atom is -0.493 e. The van der Waals surface area contributed by atoms with Crippen LogP contribution in [0.4, 0.5) is 11.5 Å². The summed E-state index contributed by atoms with van der Waals surface area (Å²) in [6.45, 7) is 2.09. The van der Waals surface area contributed by atoms with Gasteiger partial charge >= 0.3 is 0 Å². The second-order valence-electron chi connectivity index (χ2n) is 8.88. The minimum atomic E-state index is -0.215. The summed E-state index contributed by atoms with van der Waals surface area (Å²) in [6.07, 6.45) is 8.46. The van der Waals surface area contributed by atoms with Crippen LogP contribution in [0.1, 0.15) is 35.1 Å². The summed E-state index contributed by atoms with van der Waals surface area (Å²) in [5.41, 5.74) is 5.83. The second kappa shape index (κ2) is 10.1. The Morgan fingerprint density at radius 3 is 2.35 bits per heavy atom. The first-order valence-corrected chi connectivity index (χ1v) is 12.7. The number of hydrogen-bond donors (Lipinski definition) is 2. The van der Waals surface area contributed by atoms with Crippen LogP contribution >= 0.6 is 11.3 Å². The minimum absolute atomic E-state index is 0.215. The van der Waals surface area contributed by atoms with Crippen molar-refractivity contribution in [3.05, 3.63) is 64.3 Å². The van der Waals surface area contributed by atoms with Gasteiger partial charge in [-0.25, -0.2) is 9.97 Å². The van der Waals surface area contributed by atoms with Crippen molar-refractivity contribution in [2.24, 2.45) is 0 Å². The standard InChI is InChI=1S/C28H28N4O4S/c1-17-5-8-20(28(9-10-28)31-16-33)11-18(17)6-7-19-14-37-26-24(19)29-15-30-27(26)32-21-12-22(34-2)25(36-4)23(13-21)35-3/h5-8,11-16H,9-10H2,1-4H3,(H,31,33)(H,29,30,32)/b7-6+. The number of thiophene rings is 1. The first-order valence-electron chi connectivity index (χ1n) is 11.8. The molecule has 0 bridgehead atoms. The number of rotatable bonds is 10. The van der Waals surface area contributed by atoms with Gasteiger partial charge < -0.3 is 24.8 Å². The second-order valence-corrected chi connectivity index (χ2v) is 9.76. The Balaban J connectivity index is 1.44. The maximum Gasteiger partial charge on any atom is 0.207 e. The highest BCUT2D eigenvalue weighted by molar-refractivity contribution is 7.18. The van der Waals surface area contributed by atoms with Crippen molar-refractivity contribution in [2.75, 3.05) is 26.6 Å². The fourth-order valence-corrected chi connectivity index (χ4v) is 5.35. The number of methoxy groups -OCH3 is 3. The van der Waals surface area contributed by atoms with E-state index < -0.39 is 0 Å². The third-order valence-electron chi connectivity index (χ3n) is 6.67. The molecule has 2 N–H and O–H groups in total. The number of carbonyl (C=O) groups is 1. The molecule has 0 aliphatic heterocycles. The highest BCUT2D eigenvalue weighted by atomic mass is 32.1. The van der Waals surface area contributed by atoms with Crippen LogP contribution in [-0.4, -0.2) is 37.7 Å². The van der Waals surface area contributed by atoms with Crippen molar-refractivity contribution in [2.45, 2.75) is 25.3 Å². The number of benzene rings is 2. The van der Waals surface area contributed by atoms with Gasteiger partial charge in [-0.1, -0.05) is 24.3 Å². The fourth-order valence-electron chi connectivity index (χ4n) is 4.42. The molecule has 5 rings (SSSR count). The van der Waals surface area contributed by atoms with E-state index in [4.69, 9.17) is 14.2 Å². The van der Waals surface area contributed by atoms with Crippen LogP contribution < -0.4 is 24.8 Å². The Kier molecular flexibility index (Phi) is 6.71. The summed E-state index contributed by atoms with van der Waals surface area (Å²) in [5.74, 6) is 2.33. The summed E-state index contributed by atoms with van der Waals surface area (Å²) >= 11 is 1.58. The predicted octanol–water partition coefficient (Wildman–Crippen LogP) is 5.67. The summed E-state index contributed by atoms with van der Waals surface area (Å²) in [7, 11) is 4.75. The largest absolute Gasteiger partial charge is 0.493 e. The molecule has 1 fully saturated rings. The molecule has 2 heterocycles. The molecular formula is C28H28N4O4S. The Morgan fingerprint density at radius 2 is 1.70 bits per heavy atom. The van der Waals surface area contributed by atoms with E-state index in [-0.39, 0.29) is 5.54 Å². The zero-order valence-corrected chi connectivity index (χ0v) is 21.9. The lowest BCUT2D eigenvalue weighted by atomic mass is 9.98. The SMILES string of the molecule is COc1cc(Nc2ncnc3c(/C=C/c4cc(C5(NC=O)CC5)ccc4C)csc23)cc(OC)c1OC. The number of hydrogen-bond acceptors (Lipinski definition) is 8. The molecule has 9 heteroatoms. The van der Waals surface area contributed by atoms with Crippen LogP contribution in [0.15, 0.2) is 42.0 Å². The van der Waals surface area contributed by atoms with Crippen LogP contribution in [0, 0.1) is 6.92 Å². The molecule has 0 spiro atoms. The quantitative estimate of drug-likeness (QED) is 0.262. The van der Waals surface area contributed by atoms with Crippen LogP contribution in [0.2, 0.25) is 0 Å². The highest BCUT2D eigenvalue weighted by Gasteiger charge is 2.44. The smallest absolute Gasteiger partial charge is 0.207 e. The number of carbonyl (C=O) groups excluding carboxylic acids is 1. The summed E-state index contributed by atoms with van der Waals surface area (Å²) in [4.78, 5) is 20.1. The van der Waals surface area contributed by atoms with Crippen molar-refractivity contribution in [1.29, 1.82) is 0 Å². The lowest BCUT2D eigenvalue weighted by molar-refractivity contribution is -0.110. The third-order valence-corrected chi connectivity index (χ3v) is 7.66. The molecule has 0 radical (unpaired) electrons. The number of amides is 1. The molecule has 8 nitrogen and oxygen atoms in total. The van der Waals surface area contributed by atoms with Gasteiger partial charge in [0.1, 0.15) is 6.33 Å². The molecule has 1 aliphatic carbocycles. The maximum absolute atomic E-state index is 11.1. The van der Waals surface area contributed by atoms with Gasteiger partial charge in [-0.3, -0.25) is 4.79 Å². The normalized spacial score (nSPS) is 13.9. The summed E-state index contributed by atoms with van der Waals surface area (Å²) in [5, 5.41) is 8.43. The van der Waals surface area contributed by atoms with Crippen molar-refractivity contribution < 1.29 is 19.0 Å². The maximum atomic E-state index is 11.1. The van der Waals surface area contributed by atoms with Gasteiger partial charge in [0.25, 0.3) is 0 Å². The molecule has 1 aliphatic rings. The van der Waals surface area contributed by atoms with Gasteiger partial charge in [-0.2, -0.15) is 0 Å². The molecule has 0 saturated heterocycles. The average Bonchev–Trinajstić information content (AvgIpc) is 3.58. The Labute approximate surface area is 219 Å². The Morgan fingerprint density at radius 1 is 0.973 bits per heavy atom. The topological polar surface area (TPSA) is 94.6 Å². The van der Waals surface area contributed by atoms with Gasteiger partial charge in [0.2, 0.25) is 12.2 Å². The van der Waals surface area contributed by atoms with Crippen molar-refractivity contribution in [3.63, 3.8) is 0 Å². The third kappa shape index (κ3) is 4.70. The van der Waals surface area contributed by atoms with E-state index in [9.17, 15) is 4.79 Å². The monoisotopic (exact) mass is 516 g/mol. The molecule has 37 heavy (non-hydrogen) atoms. The van der Waals surface area contributed by atoms with Crippen LogP contribution in [-0.2, 0) is 10.3 Å². The molecule has 4 aromatic rings. The highest BCUT2D eigenvalue weighted by Crippen LogP contribution is 2.46. The number of ether oxygens (including phenoxy) is 3. The van der Waals surface area contributed by atoms with E-state index >= 15 is 0 Å². The van der Waals surface area contributed by atoms with Gasteiger partial charge in [0, 0.05) is 28.8 Å². The number of nitrogens with one attached hydrogen (secondary N) is 2. The van der Waals surface area contributed by atoms with E-state index in [1.165, 1.54) is 5.56 Å². The van der Waals surface area contributed by atoms with E-state index in [0.29, 0.717) is 23.1 Å². The summed E-state index contributed by atoms with van der Waals surface area (Å²) < 4.78 is 17.3. The first kappa shape index (κ1) is 24.6. The average molecular weight is 517 g/mol. The molecule has 0 unspecified atom stereocenters. The summed E-state index contributed by atoms with van der Waals surface area (Å²) in [6, 6.07) is 10.0. The van der Waals surface area contributed by atoms with Crippen LogP contribution in [0.25, 0.3) is 22.4 Å². The number of aromatic nitrogens is 2. The molecule has 1 saturated carbocycles. The molecular weight excluding hydrogens is 488 g/mol. The zero-order valence-electron chi connectivity index (χ0n) is 21.1. The van der Waals surface area contributed by atoms with Crippen molar-refractivity contribution >= 4 is 51.6 Å². The first-order chi connectivity index (χ1) is 18.0. The molecule has 1 amide bonds. The Bertz CT molecular complexity index is 1470. The fraction of sp³-hybridized carbons (Fsp3) is 0.250. The van der Waals surface area contributed by atoms with Gasteiger partial charge in [-0.05, 0) is 42.5 Å². The van der Waals surface area contributed by atoms with E-state index in [1.807, 2.05) is 12.1 Å². The number of fused-ring (bicyclic) bond motifs is 1. The van der Waals surface area contributed by atoms with Gasteiger partial charge in [0.05, 0.1) is 37.1 Å². The molecule has 2 aromatic carbocycles. The van der Waals surface area contributed by atoms with Crippen LogP contribution in [0.5, 0.6) is 17.2 Å². The number of aryl methyl sites for hydroxylation is 1. The lowest BCUT2D eigenvalue weighted by Crippen LogP contribution is -2.27. The number of nitrogens with zero attached hydrogens (tertiary/aromatic N) is 2. The Hall–Kier alpha value is -4.11. The van der Waals surface area contributed by atoms with Gasteiger partial charge in [0.15, 0.2) is 17.3 Å². The van der Waals surface area contributed by atoms with Crippen molar-refractivity contribution in [1.82, 2.24) is 15.3 Å². The number of anilines is 2. The predicted molar refractivity (Wildman–Crippen MR) is 147 cm³/mol. The molecule has 2 aromatic heterocycles. The molecule has 0 atom stereocenters. The van der Waals surface area contributed by atoms with Gasteiger partial charge in [-0.15, -0.1) is 11.3 Å². The van der Waals surface area contributed by atoms with E-state index in [1.54, 1.807) is 39.0 Å². The van der Waals surface area contributed by atoms with E-state index in [0.717, 1.165) is 51.8 Å². The zero-order chi connectivity index (χ0) is 26.0. The lowest BCUT2D eigenvalue weighted by Gasteiger charge is -2.16. The van der Waals surface area contributed by atoms with Crippen LogP contribution in [0.3, 0.4) is 0 Å². The van der Waals surface area contributed by atoms with E-state index in [2.05, 4.69) is 63.3 Å². The van der Waals surface area contributed by atoms with Crippen molar-refractivity contribution in [3.8, 4) is 17.2 Å².